The Labute approximate surface area is 95.4 Å². The first-order valence-corrected chi connectivity index (χ1v) is 4.51. The van der Waals surface area contributed by atoms with Crippen LogP contribution in [0.5, 0.6) is 5.75 Å². The molecule has 1 aromatic carbocycles. The molecule has 0 aliphatic carbocycles. The van der Waals surface area contributed by atoms with Crippen molar-refractivity contribution in [1.29, 1.82) is 0 Å². The Balaban J connectivity index is 2.65. The van der Waals surface area contributed by atoms with E-state index in [0.717, 1.165) is 6.07 Å². The first-order chi connectivity index (χ1) is 7.50. The molecule has 0 heterocycles. The number of hydrogen-bond acceptors (Lipinski definition) is 4. The molecular formula is C9H8ClNO5. The topological polar surface area (TPSA) is 95.9 Å². The largest absolute Gasteiger partial charge is 0.508 e. The Kier molecular flexibility index (Phi) is 4.10. The number of benzene rings is 1. The van der Waals surface area contributed by atoms with Crippen molar-refractivity contribution >= 4 is 23.5 Å². The summed E-state index contributed by atoms with van der Waals surface area (Å²) in [6.45, 7) is -0.665. The molecule has 0 saturated heterocycles. The smallest absolute Gasteiger partial charge is 0.332 e. The van der Waals surface area contributed by atoms with E-state index in [9.17, 15) is 9.59 Å². The maximum Gasteiger partial charge on any atom is 0.332 e. The predicted octanol–water partition coefficient (Wildman–Crippen LogP) is 0.792. The quantitative estimate of drug-likeness (QED) is 0.682. The molecule has 6 nitrogen and oxygen atoms in total. The van der Waals surface area contributed by atoms with E-state index in [-0.39, 0.29) is 16.3 Å². The maximum atomic E-state index is 11.4. The molecule has 0 aromatic heterocycles. The second kappa shape index (κ2) is 5.34. The average Bonchev–Trinajstić information content (AvgIpc) is 2.21. The summed E-state index contributed by atoms with van der Waals surface area (Å²) in [5.74, 6) is -2.09. The number of rotatable bonds is 4. The number of aliphatic carboxylic acids is 1. The highest BCUT2D eigenvalue weighted by molar-refractivity contribution is 6.33. The summed E-state index contributed by atoms with van der Waals surface area (Å²) in [7, 11) is 0. The minimum absolute atomic E-state index is 0.00736. The van der Waals surface area contributed by atoms with Crippen LogP contribution in [0.4, 0.5) is 0 Å². The fourth-order valence-electron chi connectivity index (χ4n) is 0.906. The molecular weight excluding hydrogens is 238 g/mol. The Morgan fingerprint density at radius 3 is 2.75 bits per heavy atom. The standard InChI is InChI=1S/C9H8ClNO5/c10-7-2-1-5(12)3-6(7)9(15)11-16-4-8(13)14/h1-3,12H,4H2,(H,11,15)(H,13,14). The zero-order valence-corrected chi connectivity index (χ0v) is 8.69. The van der Waals surface area contributed by atoms with Crippen molar-refractivity contribution < 1.29 is 24.6 Å². The average molecular weight is 246 g/mol. The second-order valence-corrected chi connectivity index (χ2v) is 3.18. The molecule has 0 aliphatic rings. The molecule has 0 spiro atoms. The molecule has 1 rings (SSSR count). The second-order valence-electron chi connectivity index (χ2n) is 2.78. The fraction of sp³-hybridized carbons (Fsp3) is 0.111. The molecule has 0 fully saturated rings. The third-order valence-corrected chi connectivity index (χ3v) is 1.88. The summed E-state index contributed by atoms with van der Waals surface area (Å²) in [6, 6.07) is 3.79. The molecule has 0 atom stereocenters. The van der Waals surface area contributed by atoms with E-state index in [1.807, 2.05) is 5.48 Å². The van der Waals surface area contributed by atoms with Gasteiger partial charge in [-0.05, 0) is 18.2 Å². The molecule has 1 amide bonds. The molecule has 7 heteroatoms. The molecule has 0 saturated carbocycles. The van der Waals surface area contributed by atoms with Gasteiger partial charge >= 0.3 is 5.97 Å². The van der Waals surface area contributed by atoms with Gasteiger partial charge in [0.25, 0.3) is 5.91 Å². The maximum absolute atomic E-state index is 11.4. The van der Waals surface area contributed by atoms with Gasteiger partial charge in [0.15, 0.2) is 6.61 Å². The van der Waals surface area contributed by atoms with Gasteiger partial charge in [-0.3, -0.25) is 9.63 Å². The summed E-state index contributed by atoms with van der Waals surface area (Å²) in [5, 5.41) is 17.5. The van der Waals surface area contributed by atoms with Gasteiger partial charge in [-0.15, -0.1) is 0 Å². The van der Waals surface area contributed by atoms with Crippen LogP contribution in [0, 0.1) is 0 Å². The molecule has 86 valence electrons. The van der Waals surface area contributed by atoms with E-state index < -0.39 is 18.5 Å². The Morgan fingerprint density at radius 1 is 1.44 bits per heavy atom. The van der Waals surface area contributed by atoms with Gasteiger partial charge in [-0.25, -0.2) is 10.3 Å². The van der Waals surface area contributed by atoms with Crippen LogP contribution in [0.1, 0.15) is 10.4 Å². The number of hydrogen-bond donors (Lipinski definition) is 3. The highest BCUT2D eigenvalue weighted by Crippen LogP contribution is 2.20. The van der Waals surface area contributed by atoms with Crippen molar-refractivity contribution in [3.05, 3.63) is 28.8 Å². The van der Waals surface area contributed by atoms with Gasteiger partial charge in [-0.1, -0.05) is 11.6 Å². The van der Waals surface area contributed by atoms with E-state index in [4.69, 9.17) is 21.8 Å². The lowest BCUT2D eigenvalue weighted by molar-refractivity contribution is -0.144. The van der Waals surface area contributed by atoms with Crippen molar-refractivity contribution in [1.82, 2.24) is 5.48 Å². The number of phenolic OH excluding ortho intramolecular Hbond substituents is 1. The lowest BCUT2D eigenvalue weighted by atomic mass is 10.2. The van der Waals surface area contributed by atoms with Gasteiger partial charge in [0.05, 0.1) is 10.6 Å². The number of aromatic hydroxyl groups is 1. The number of carbonyl (C=O) groups excluding carboxylic acids is 1. The summed E-state index contributed by atoms with van der Waals surface area (Å²) in [6.07, 6.45) is 0. The number of carbonyl (C=O) groups is 2. The summed E-state index contributed by atoms with van der Waals surface area (Å²) in [5.41, 5.74) is 1.88. The summed E-state index contributed by atoms with van der Waals surface area (Å²) >= 11 is 5.69. The van der Waals surface area contributed by atoms with Crippen LogP contribution in [-0.4, -0.2) is 28.7 Å². The summed E-state index contributed by atoms with van der Waals surface area (Å²) in [4.78, 5) is 25.8. The van der Waals surface area contributed by atoms with E-state index in [1.165, 1.54) is 12.1 Å². The third kappa shape index (κ3) is 3.41. The molecule has 0 aliphatic heterocycles. The molecule has 3 N–H and O–H groups in total. The number of phenols is 1. The van der Waals surface area contributed by atoms with Gasteiger partial charge in [-0.2, -0.15) is 0 Å². The zero-order chi connectivity index (χ0) is 12.1. The lowest BCUT2D eigenvalue weighted by Crippen LogP contribution is -2.26. The molecule has 0 radical (unpaired) electrons. The Bertz CT molecular complexity index is 420. The summed E-state index contributed by atoms with van der Waals surface area (Å²) < 4.78 is 0. The van der Waals surface area contributed by atoms with Gasteiger partial charge in [0.2, 0.25) is 0 Å². The molecule has 0 bridgehead atoms. The van der Waals surface area contributed by atoms with Crippen LogP contribution >= 0.6 is 11.6 Å². The van der Waals surface area contributed by atoms with E-state index in [2.05, 4.69) is 4.84 Å². The van der Waals surface area contributed by atoms with Crippen molar-refractivity contribution in [3.8, 4) is 5.75 Å². The third-order valence-electron chi connectivity index (χ3n) is 1.56. The number of nitrogens with one attached hydrogen (secondary N) is 1. The minimum Gasteiger partial charge on any atom is -0.508 e. The van der Waals surface area contributed by atoms with Crippen molar-refractivity contribution in [3.63, 3.8) is 0 Å². The SMILES string of the molecule is O=C(O)CONC(=O)c1cc(O)ccc1Cl. The van der Waals surface area contributed by atoms with E-state index in [1.54, 1.807) is 0 Å². The highest BCUT2D eigenvalue weighted by Gasteiger charge is 2.11. The molecule has 16 heavy (non-hydrogen) atoms. The number of carboxylic acids is 1. The lowest BCUT2D eigenvalue weighted by Gasteiger charge is -2.05. The predicted molar refractivity (Wildman–Crippen MR) is 54.2 cm³/mol. The van der Waals surface area contributed by atoms with Crippen LogP contribution in [-0.2, 0) is 9.63 Å². The highest BCUT2D eigenvalue weighted by atomic mass is 35.5. The van der Waals surface area contributed by atoms with Crippen molar-refractivity contribution in [2.45, 2.75) is 0 Å². The molecule has 0 unspecified atom stereocenters. The van der Waals surface area contributed by atoms with Gasteiger partial charge in [0.1, 0.15) is 5.75 Å². The normalized spacial score (nSPS) is 9.81. The van der Waals surface area contributed by atoms with Gasteiger partial charge in [0, 0.05) is 0 Å². The monoisotopic (exact) mass is 245 g/mol. The van der Waals surface area contributed by atoms with Crippen LogP contribution in [0.15, 0.2) is 18.2 Å². The number of amides is 1. The minimum atomic E-state index is -1.22. The number of halogens is 1. The van der Waals surface area contributed by atoms with E-state index in [0.29, 0.717) is 0 Å². The Morgan fingerprint density at radius 2 is 2.12 bits per heavy atom. The van der Waals surface area contributed by atoms with Crippen LogP contribution in [0.2, 0.25) is 5.02 Å². The van der Waals surface area contributed by atoms with E-state index >= 15 is 0 Å². The Hall–Kier alpha value is -1.79. The number of carboxylic acid groups (broad SMARTS) is 1. The first-order valence-electron chi connectivity index (χ1n) is 4.13. The van der Waals surface area contributed by atoms with Crippen LogP contribution < -0.4 is 5.48 Å². The zero-order valence-electron chi connectivity index (χ0n) is 7.94. The van der Waals surface area contributed by atoms with Crippen LogP contribution in [0.25, 0.3) is 0 Å². The first kappa shape index (κ1) is 12.3. The van der Waals surface area contributed by atoms with Gasteiger partial charge < -0.3 is 10.2 Å². The number of hydroxylamine groups is 1. The van der Waals surface area contributed by atoms with Crippen molar-refractivity contribution in [2.24, 2.45) is 0 Å². The van der Waals surface area contributed by atoms with Crippen molar-refractivity contribution in [2.75, 3.05) is 6.61 Å². The molecule has 1 aromatic rings. The van der Waals surface area contributed by atoms with Crippen LogP contribution in [0.3, 0.4) is 0 Å². The fourth-order valence-corrected chi connectivity index (χ4v) is 1.11.